The number of aromatic carboxylic acids is 1. The highest BCUT2D eigenvalue weighted by molar-refractivity contribution is 5.87. The third-order valence-corrected chi connectivity index (χ3v) is 5.04. The number of nitrogens with zero attached hydrogens (tertiary/aromatic N) is 1. The first-order valence-corrected chi connectivity index (χ1v) is 8.61. The van der Waals surface area contributed by atoms with Crippen molar-refractivity contribution in [2.24, 2.45) is 5.41 Å². The molecule has 0 bridgehead atoms. The van der Waals surface area contributed by atoms with Gasteiger partial charge >= 0.3 is 5.97 Å². The molecule has 1 heterocycles. The van der Waals surface area contributed by atoms with Crippen molar-refractivity contribution in [3.8, 4) is 0 Å². The van der Waals surface area contributed by atoms with Crippen molar-refractivity contribution in [2.75, 3.05) is 20.2 Å². The molecule has 25 heavy (non-hydrogen) atoms. The summed E-state index contributed by atoms with van der Waals surface area (Å²) in [5.41, 5.74) is 1.13. The topological polar surface area (TPSA) is 78.9 Å². The molecule has 2 atom stereocenters. The van der Waals surface area contributed by atoms with Crippen molar-refractivity contribution in [3.05, 3.63) is 35.4 Å². The van der Waals surface area contributed by atoms with Gasteiger partial charge < -0.3 is 15.2 Å². The normalized spacial score (nSPS) is 21.5. The number of hydrogen-bond donors (Lipinski definition) is 2. The van der Waals surface area contributed by atoms with E-state index in [2.05, 4.69) is 24.1 Å². The second-order valence-electron chi connectivity index (χ2n) is 7.37. The zero-order valence-corrected chi connectivity index (χ0v) is 15.4. The molecule has 0 radical (unpaired) electrons. The van der Waals surface area contributed by atoms with Gasteiger partial charge in [0.15, 0.2) is 0 Å². The Balaban J connectivity index is 1.89. The number of carboxylic acids is 1. The molecule has 0 aromatic heterocycles. The number of carbonyl (C=O) groups is 2. The number of rotatable bonds is 6. The molecule has 0 saturated carbocycles. The maximum atomic E-state index is 12.5. The summed E-state index contributed by atoms with van der Waals surface area (Å²) in [6.45, 7) is 8.30. The summed E-state index contributed by atoms with van der Waals surface area (Å²) >= 11 is 0. The summed E-state index contributed by atoms with van der Waals surface area (Å²) in [6, 6.07) is 6.33. The molecule has 1 aliphatic rings. The third kappa shape index (κ3) is 4.80. The van der Waals surface area contributed by atoms with Crippen LogP contribution in [0.3, 0.4) is 0 Å². The van der Waals surface area contributed by atoms with Gasteiger partial charge in [-0.25, -0.2) is 4.79 Å². The third-order valence-electron chi connectivity index (χ3n) is 5.04. The van der Waals surface area contributed by atoms with Gasteiger partial charge in [-0.05, 0) is 31.0 Å². The summed E-state index contributed by atoms with van der Waals surface area (Å²) in [5.74, 6) is -0.972. The van der Waals surface area contributed by atoms with Crippen LogP contribution >= 0.6 is 0 Å². The number of likely N-dealkylation sites (tertiary alicyclic amines) is 1. The summed E-state index contributed by atoms with van der Waals surface area (Å²) < 4.78 is 5.56. The second kappa shape index (κ2) is 7.97. The van der Waals surface area contributed by atoms with E-state index in [4.69, 9.17) is 9.84 Å². The molecule has 2 N–H and O–H groups in total. The van der Waals surface area contributed by atoms with Crippen LogP contribution in [0.25, 0.3) is 0 Å². The van der Waals surface area contributed by atoms with Crippen molar-refractivity contribution in [3.63, 3.8) is 0 Å². The predicted molar refractivity (Wildman–Crippen MR) is 95.5 cm³/mol. The molecule has 138 valence electrons. The first-order valence-electron chi connectivity index (χ1n) is 8.61. The van der Waals surface area contributed by atoms with E-state index < -0.39 is 5.97 Å². The Kier molecular flexibility index (Phi) is 6.19. The largest absolute Gasteiger partial charge is 0.478 e. The van der Waals surface area contributed by atoms with Crippen LogP contribution in [0, 0.1) is 5.41 Å². The lowest BCUT2D eigenvalue weighted by Gasteiger charge is -2.45. The van der Waals surface area contributed by atoms with Gasteiger partial charge in [0.1, 0.15) is 0 Å². The van der Waals surface area contributed by atoms with Crippen LogP contribution in [0.5, 0.6) is 0 Å². The number of piperidine rings is 1. The minimum absolute atomic E-state index is 0.00814. The Morgan fingerprint density at radius 2 is 2.00 bits per heavy atom. The minimum Gasteiger partial charge on any atom is -0.478 e. The number of nitrogens with one attached hydrogen (secondary N) is 1. The average Bonchev–Trinajstić information content (AvgIpc) is 2.58. The maximum Gasteiger partial charge on any atom is 0.335 e. The highest BCUT2D eigenvalue weighted by Crippen LogP contribution is 2.32. The summed E-state index contributed by atoms with van der Waals surface area (Å²) in [4.78, 5) is 25.5. The van der Waals surface area contributed by atoms with Gasteiger partial charge in [0.25, 0.3) is 0 Å². The summed E-state index contributed by atoms with van der Waals surface area (Å²) in [6.07, 6.45) is 1.13. The van der Waals surface area contributed by atoms with E-state index in [1.165, 1.54) is 0 Å². The van der Waals surface area contributed by atoms with Crippen LogP contribution in [0.15, 0.2) is 24.3 Å². The fraction of sp³-hybridized carbons (Fsp3) is 0.579. The average molecular weight is 348 g/mol. The summed E-state index contributed by atoms with van der Waals surface area (Å²) in [7, 11) is 1.74. The molecule has 1 aromatic carbocycles. The fourth-order valence-electron chi connectivity index (χ4n) is 3.41. The Labute approximate surface area is 149 Å². The highest BCUT2D eigenvalue weighted by atomic mass is 16.5. The smallest absolute Gasteiger partial charge is 0.335 e. The first kappa shape index (κ1) is 19.4. The number of carboxylic acid groups (broad SMARTS) is 1. The van der Waals surface area contributed by atoms with Crippen molar-refractivity contribution >= 4 is 11.9 Å². The molecular formula is C19H28N2O4. The number of carbonyl (C=O) groups excluding carboxylic acids is 1. The lowest BCUT2D eigenvalue weighted by Crippen LogP contribution is -2.55. The van der Waals surface area contributed by atoms with Gasteiger partial charge in [-0.2, -0.15) is 0 Å². The van der Waals surface area contributed by atoms with Crippen molar-refractivity contribution in [1.82, 2.24) is 10.2 Å². The Hall–Kier alpha value is -1.92. The Bertz CT molecular complexity index is 612. The lowest BCUT2D eigenvalue weighted by molar-refractivity contribution is -0.129. The van der Waals surface area contributed by atoms with Gasteiger partial charge in [0, 0.05) is 32.2 Å². The van der Waals surface area contributed by atoms with Crippen molar-refractivity contribution in [1.29, 1.82) is 0 Å². The Morgan fingerprint density at radius 1 is 1.36 bits per heavy atom. The van der Waals surface area contributed by atoms with E-state index in [1.807, 2.05) is 6.92 Å². The molecule has 1 aromatic rings. The van der Waals surface area contributed by atoms with Crippen LogP contribution < -0.4 is 5.32 Å². The molecule has 0 spiro atoms. The van der Waals surface area contributed by atoms with Crippen LogP contribution in [0.4, 0.5) is 0 Å². The van der Waals surface area contributed by atoms with E-state index >= 15 is 0 Å². The zero-order chi connectivity index (χ0) is 18.6. The molecule has 1 fully saturated rings. The van der Waals surface area contributed by atoms with Crippen molar-refractivity contribution in [2.45, 2.75) is 45.9 Å². The maximum absolute atomic E-state index is 12.5. The van der Waals surface area contributed by atoms with Gasteiger partial charge in [0.05, 0.1) is 17.7 Å². The van der Waals surface area contributed by atoms with Gasteiger partial charge in [-0.1, -0.05) is 26.0 Å². The van der Waals surface area contributed by atoms with Gasteiger partial charge in [-0.3, -0.25) is 9.69 Å². The van der Waals surface area contributed by atoms with E-state index in [9.17, 15) is 9.59 Å². The number of amides is 1. The minimum atomic E-state index is -0.953. The molecule has 1 aliphatic heterocycles. The van der Waals surface area contributed by atoms with E-state index in [0.29, 0.717) is 6.54 Å². The zero-order valence-electron chi connectivity index (χ0n) is 15.4. The molecular weight excluding hydrogens is 320 g/mol. The molecule has 0 aliphatic carbocycles. The van der Waals surface area contributed by atoms with Crippen LogP contribution in [-0.2, 0) is 16.1 Å². The fourth-order valence-corrected chi connectivity index (χ4v) is 3.41. The quantitative estimate of drug-likeness (QED) is 0.823. The molecule has 2 unspecified atom stereocenters. The van der Waals surface area contributed by atoms with E-state index in [-0.39, 0.29) is 29.0 Å². The SMILES string of the molecule is COC1CCN(C(C)C(=O)NCc2ccc(C(=O)O)cc2)CC1(C)C. The molecule has 6 nitrogen and oxygen atoms in total. The first-order chi connectivity index (χ1) is 11.7. The van der Waals surface area contributed by atoms with Crippen molar-refractivity contribution < 1.29 is 19.4 Å². The van der Waals surface area contributed by atoms with E-state index in [0.717, 1.165) is 25.1 Å². The van der Waals surface area contributed by atoms with Crippen LogP contribution in [-0.4, -0.2) is 54.2 Å². The second-order valence-corrected chi connectivity index (χ2v) is 7.37. The van der Waals surface area contributed by atoms with Gasteiger partial charge in [0.2, 0.25) is 5.91 Å². The van der Waals surface area contributed by atoms with Gasteiger partial charge in [-0.15, -0.1) is 0 Å². The number of methoxy groups -OCH3 is 1. The van der Waals surface area contributed by atoms with Crippen LogP contribution in [0.1, 0.15) is 43.1 Å². The van der Waals surface area contributed by atoms with Crippen LogP contribution in [0.2, 0.25) is 0 Å². The van der Waals surface area contributed by atoms with E-state index in [1.54, 1.807) is 31.4 Å². The number of ether oxygens (including phenoxy) is 1. The lowest BCUT2D eigenvalue weighted by atomic mass is 9.80. The predicted octanol–water partition coefficient (Wildman–Crippen LogP) is 2.14. The molecule has 6 heteroatoms. The monoisotopic (exact) mass is 348 g/mol. The number of benzene rings is 1. The molecule has 1 saturated heterocycles. The molecule has 2 rings (SSSR count). The molecule has 1 amide bonds. The standard InChI is InChI=1S/C19H28N2O4/c1-13(21-10-9-16(25-4)19(2,3)12-21)17(22)20-11-14-5-7-15(8-6-14)18(23)24/h5-8,13,16H,9-12H2,1-4H3,(H,20,22)(H,23,24). The Morgan fingerprint density at radius 3 is 2.52 bits per heavy atom. The summed E-state index contributed by atoms with van der Waals surface area (Å²) in [5, 5.41) is 11.8. The highest BCUT2D eigenvalue weighted by Gasteiger charge is 2.38. The number of hydrogen-bond acceptors (Lipinski definition) is 4.